The summed E-state index contributed by atoms with van der Waals surface area (Å²) < 4.78 is 0. The van der Waals surface area contributed by atoms with E-state index in [1.807, 2.05) is 0 Å². The van der Waals surface area contributed by atoms with Crippen LogP contribution in [-0.2, 0) is 0 Å². The zero-order valence-corrected chi connectivity index (χ0v) is 7.81. The van der Waals surface area contributed by atoms with Crippen LogP contribution in [0.25, 0.3) is 0 Å². The largest absolute Gasteiger partial charge is 0.329 e. The number of rotatable bonds is 3. The van der Waals surface area contributed by atoms with Gasteiger partial charge in [0.1, 0.15) is 0 Å². The molecule has 3 N–H and O–H groups in total. The van der Waals surface area contributed by atoms with E-state index < -0.39 is 0 Å². The Kier molecular flexibility index (Phi) is 2.37. The Balaban J connectivity index is 1.83. The molecule has 0 unspecified atom stereocenters. The highest BCUT2D eigenvalue weighted by Crippen LogP contribution is 2.33. The summed E-state index contributed by atoms with van der Waals surface area (Å²) in [5, 5.41) is 3.75. The van der Waals surface area contributed by atoms with Crippen LogP contribution >= 0.6 is 0 Å². The molecule has 2 aliphatic rings. The Morgan fingerprint density at radius 3 is 2.25 bits per heavy atom. The van der Waals surface area contributed by atoms with Gasteiger partial charge in [0.05, 0.1) is 0 Å². The van der Waals surface area contributed by atoms with E-state index in [1.165, 1.54) is 44.9 Å². The Labute approximate surface area is 74.9 Å². The lowest BCUT2D eigenvalue weighted by Gasteiger charge is -2.44. The third-order valence-corrected chi connectivity index (χ3v) is 3.57. The molecular weight excluding hydrogens is 148 g/mol. The van der Waals surface area contributed by atoms with E-state index in [4.69, 9.17) is 5.73 Å². The third-order valence-electron chi connectivity index (χ3n) is 3.57. The molecule has 0 atom stereocenters. The van der Waals surface area contributed by atoms with Crippen molar-refractivity contribution in [3.05, 3.63) is 0 Å². The van der Waals surface area contributed by atoms with Gasteiger partial charge in [0.2, 0.25) is 0 Å². The standard InChI is InChI=1S/C10H20N2/c11-8-10(6-3-7-10)12-9-4-1-2-5-9/h9,12H,1-8,11H2. The molecule has 2 fully saturated rings. The lowest BCUT2D eigenvalue weighted by Crippen LogP contribution is -2.58. The molecule has 0 radical (unpaired) electrons. The van der Waals surface area contributed by atoms with Crippen molar-refractivity contribution in [3.63, 3.8) is 0 Å². The van der Waals surface area contributed by atoms with Crippen LogP contribution in [0.3, 0.4) is 0 Å². The maximum atomic E-state index is 5.78. The van der Waals surface area contributed by atoms with Crippen molar-refractivity contribution < 1.29 is 0 Å². The zero-order chi connectivity index (χ0) is 8.44. The first-order valence-corrected chi connectivity index (χ1v) is 5.32. The van der Waals surface area contributed by atoms with Gasteiger partial charge in [-0.1, -0.05) is 12.8 Å². The molecule has 0 aromatic heterocycles. The topological polar surface area (TPSA) is 38.0 Å². The summed E-state index contributed by atoms with van der Waals surface area (Å²) in [5.41, 5.74) is 6.14. The van der Waals surface area contributed by atoms with Gasteiger partial charge in [0.15, 0.2) is 0 Å². The molecule has 0 saturated heterocycles. The number of nitrogens with two attached hydrogens (primary N) is 1. The van der Waals surface area contributed by atoms with Crippen LogP contribution in [0.2, 0.25) is 0 Å². The summed E-state index contributed by atoms with van der Waals surface area (Å²) in [6.45, 7) is 0.837. The number of nitrogens with one attached hydrogen (secondary N) is 1. The van der Waals surface area contributed by atoms with Gasteiger partial charge in [-0.2, -0.15) is 0 Å². The van der Waals surface area contributed by atoms with Crippen molar-refractivity contribution in [3.8, 4) is 0 Å². The first kappa shape index (κ1) is 8.52. The van der Waals surface area contributed by atoms with Gasteiger partial charge < -0.3 is 11.1 Å². The molecule has 0 bridgehead atoms. The highest BCUT2D eigenvalue weighted by Gasteiger charge is 2.37. The van der Waals surface area contributed by atoms with Gasteiger partial charge in [-0.3, -0.25) is 0 Å². The van der Waals surface area contributed by atoms with Crippen molar-refractivity contribution in [2.75, 3.05) is 6.54 Å². The summed E-state index contributed by atoms with van der Waals surface area (Å²) in [5.74, 6) is 0. The molecule has 0 aromatic rings. The monoisotopic (exact) mass is 168 g/mol. The van der Waals surface area contributed by atoms with E-state index in [-0.39, 0.29) is 0 Å². The fourth-order valence-corrected chi connectivity index (χ4v) is 2.51. The third kappa shape index (κ3) is 1.50. The minimum absolute atomic E-state index is 0.356. The molecule has 0 spiro atoms. The van der Waals surface area contributed by atoms with Gasteiger partial charge in [0, 0.05) is 18.1 Å². The predicted molar refractivity (Wildman–Crippen MR) is 51.0 cm³/mol. The summed E-state index contributed by atoms with van der Waals surface area (Å²) in [6, 6.07) is 0.786. The molecule has 0 aliphatic heterocycles. The first-order valence-electron chi connectivity index (χ1n) is 5.32. The molecule has 2 nitrogen and oxygen atoms in total. The van der Waals surface area contributed by atoms with E-state index in [0.717, 1.165) is 12.6 Å². The maximum Gasteiger partial charge on any atom is 0.0306 e. The fraction of sp³-hybridized carbons (Fsp3) is 1.00. The number of hydrogen-bond donors (Lipinski definition) is 2. The molecule has 2 saturated carbocycles. The maximum absolute atomic E-state index is 5.78. The zero-order valence-electron chi connectivity index (χ0n) is 7.81. The van der Waals surface area contributed by atoms with Crippen molar-refractivity contribution in [2.45, 2.75) is 56.5 Å². The molecule has 2 rings (SSSR count). The average Bonchev–Trinajstić information content (AvgIpc) is 2.49. The molecule has 70 valence electrons. The lowest BCUT2D eigenvalue weighted by molar-refractivity contribution is 0.172. The van der Waals surface area contributed by atoms with Crippen LogP contribution < -0.4 is 11.1 Å². The van der Waals surface area contributed by atoms with Crippen molar-refractivity contribution >= 4 is 0 Å². The van der Waals surface area contributed by atoms with E-state index in [0.29, 0.717) is 5.54 Å². The summed E-state index contributed by atoms with van der Waals surface area (Å²) in [7, 11) is 0. The van der Waals surface area contributed by atoms with Gasteiger partial charge in [-0.25, -0.2) is 0 Å². The molecule has 0 amide bonds. The quantitative estimate of drug-likeness (QED) is 0.668. The van der Waals surface area contributed by atoms with Crippen LogP contribution in [0.4, 0.5) is 0 Å². The fourth-order valence-electron chi connectivity index (χ4n) is 2.51. The smallest absolute Gasteiger partial charge is 0.0306 e. The molecule has 12 heavy (non-hydrogen) atoms. The SMILES string of the molecule is NCC1(NC2CCCC2)CCC1. The van der Waals surface area contributed by atoms with E-state index in [9.17, 15) is 0 Å². The Morgan fingerprint density at radius 1 is 1.17 bits per heavy atom. The summed E-state index contributed by atoms with van der Waals surface area (Å²) in [6.07, 6.45) is 9.57. The molecule has 0 heterocycles. The van der Waals surface area contributed by atoms with E-state index in [1.54, 1.807) is 0 Å². The van der Waals surface area contributed by atoms with Crippen molar-refractivity contribution in [1.29, 1.82) is 0 Å². The van der Waals surface area contributed by atoms with Crippen LogP contribution in [0.15, 0.2) is 0 Å². The van der Waals surface area contributed by atoms with Crippen LogP contribution in [0, 0.1) is 0 Å². The van der Waals surface area contributed by atoms with Crippen molar-refractivity contribution in [1.82, 2.24) is 5.32 Å². The van der Waals surface area contributed by atoms with Crippen LogP contribution in [0.5, 0.6) is 0 Å². The normalized spacial score (nSPS) is 28.8. The van der Waals surface area contributed by atoms with Crippen molar-refractivity contribution in [2.24, 2.45) is 5.73 Å². The second kappa shape index (κ2) is 3.35. The van der Waals surface area contributed by atoms with Gasteiger partial charge in [0.25, 0.3) is 0 Å². The lowest BCUT2D eigenvalue weighted by atomic mass is 9.76. The van der Waals surface area contributed by atoms with Gasteiger partial charge in [-0.05, 0) is 32.1 Å². The summed E-state index contributed by atoms with van der Waals surface area (Å²) in [4.78, 5) is 0. The highest BCUT2D eigenvalue weighted by molar-refractivity contribution is 4.99. The Bertz CT molecular complexity index is 140. The Morgan fingerprint density at radius 2 is 1.83 bits per heavy atom. The molecule has 2 aliphatic carbocycles. The second-order valence-electron chi connectivity index (χ2n) is 4.46. The molecule has 2 heteroatoms. The minimum Gasteiger partial charge on any atom is -0.329 e. The number of hydrogen-bond acceptors (Lipinski definition) is 2. The predicted octanol–water partition coefficient (Wildman–Crippen LogP) is 1.40. The molecular formula is C10H20N2. The Hall–Kier alpha value is -0.0800. The van der Waals surface area contributed by atoms with E-state index >= 15 is 0 Å². The second-order valence-corrected chi connectivity index (χ2v) is 4.46. The van der Waals surface area contributed by atoms with E-state index in [2.05, 4.69) is 5.32 Å². The summed E-state index contributed by atoms with van der Waals surface area (Å²) >= 11 is 0. The minimum atomic E-state index is 0.356. The first-order chi connectivity index (χ1) is 5.85. The average molecular weight is 168 g/mol. The van der Waals surface area contributed by atoms with Crippen LogP contribution in [-0.4, -0.2) is 18.1 Å². The van der Waals surface area contributed by atoms with Gasteiger partial charge in [-0.15, -0.1) is 0 Å². The highest BCUT2D eigenvalue weighted by atomic mass is 15.0. The van der Waals surface area contributed by atoms with Gasteiger partial charge >= 0.3 is 0 Å². The van der Waals surface area contributed by atoms with Crippen LogP contribution in [0.1, 0.15) is 44.9 Å². The molecule has 0 aromatic carbocycles.